The van der Waals surface area contributed by atoms with Gasteiger partial charge in [0.1, 0.15) is 0 Å². The summed E-state index contributed by atoms with van der Waals surface area (Å²) < 4.78 is 38.5. The zero-order valence-electron chi connectivity index (χ0n) is 19.6. The first-order valence-corrected chi connectivity index (χ1v) is 12.3. The molecule has 1 amide bonds. The van der Waals surface area contributed by atoms with Crippen LogP contribution in [0.4, 0.5) is 18.9 Å². The van der Waals surface area contributed by atoms with Gasteiger partial charge in [0.25, 0.3) is 5.91 Å². The second-order valence-electron chi connectivity index (χ2n) is 10.1. The quantitative estimate of drug-likeness (QED) is 0.648. The maximum Gasteiger partial charge on any atom is 0.416 e. The molecule has 1 N–H and O–H groups in total. The molecule has 1 atom stereocenters. The Morgan fingerprint density at radius 3 is 2.24 bits per heavy atom. The molecule has 2 aliphatic heterocycles. The molecule has 0 radical (unpaired) electrons. The van der Waals surface area contributed by atoms with E-state index < -0.39 is 11.7 Å². The van der Waals surface area contributed by atoms with E-state index in [1.807, 2.05) is 18.0 Å². The molecule has 2 aromatic rings. The average Bonchev–Trinajstić information content (AvgIpc) is 3.26. The molecule has 7 heteroatoms. The van der Waals surface area contributed by atoms with E-state index in [0.29, 0.717) is 6.04 Å². The van der Waals surface area contributed by atoms with Gasteiger partial charge >= 0.3 is 6.18 Å². The van der Waals surface area contributed by atoms with E-state index in [1.165, 1.54) is 23.3 Å². The lowest BCUT2D eigenvalue weighted by Gasteiger charge is -2.47. The van der Waals surface area contributed by atoms with Crippen LogP contribution in [-0.4, -0.2) is 44.0 Å². The summed E-state index contributed by atoms with van der Waals surface area (Å²) in [7, 11) is 1.97. The van der Waals surface area contributed by atoms with Gasteiger partial charge in [-0.25, -0.2) is 0 Å². The number of aryl methyl sites for hydroxylation is 1. The van der Waals surface area contributed by atoms with Crippen LogP contribution in [0.25, 0.3) is 0 Å². The number of rotatable bonds is 3. The predicted molar refractivity (Wildman–Crippen MR) is 127 cm³/mol. The predicted octanol–water partition coefficient (Wildman–Crippen LogP) is 5.43. The van der Waals surface area contributed by atoms with Gasteiger partial charge in [-0.15, -0.1) is 0 Å². The lowest BCUT2D eigenvalue weighted by atomic mass is 9.71. The standard InChI is InChI=1S/C27H32F3N3O/c1-31-24-9-4-19-2-3-20(18-23(19)24)25(34)33-16-12-26(13-17-33)10-14-32(15-11-26)22-7-5-21(6-8-22)27(28,29)30/h2-3,5-8,18,24,31H,4,9-17H2,1H3. The molecule has 5 rings (SSSR count). The highest BCUT2D eigenvalue weighted by molar-refractivity contribution is 5.94. The Hall–Kier alpha value is -2.54. The van der Waals surface area contributed by atoms with E-state index in [2.05, 4.69) is 22.3 Å². The minimum atomic E-state index is -4.30. The first-order chi connectivity index (χ1) is 16.3. The van der Waals surface area contributed by atoms with Crippen molar-refractivity contribution < 1.29 is 18.0 Å². The maximum absolute atomic E-state index is 13.2. The molecule has 0 aromatic heterocycles. The summed E-state index contributed by atoms with van der Waals surface area (Å²) in [6.45, 7) is 3.22. The minimum absolute atomic E-state index is 0.126. The van der Waals surface area contributed by atoms with E-state index in [0.717, 1.165) is 76.0 Å². The molecule has 1 unspecified atom stereocenters. The number of nitrogens with one attached hydrogen (secondary N) is 1. The van der Waals surface area contributed by atoms with Crippen LogP contribution in [0.3, 0.4) is 0 Å². The zero-order valence-corrected chi connectivity index (χ0v) is 19.6. The van der Waals surface area contributed by atoms with Gasteiger partial charge in [-0.2, -0.15) is 13.2 Å². The second-order valence-corrected chi connectivity index (χ2v) is 10.1. The molecule has 2 fully saturated rings. The number of likely N-dealkylation sites (tertiary alicyclic amines) is 1. The summed E-state index contributed by atoms with van der Waals surface area (Å²) in [6.07, 6.45) is 1.85. The molecule has 3 aliphatic rings. The largest absolute Gasteiger partial charge is 0.416 e. The fourth-order valence-corrected chi connectivity index (χ4v) is 6.00. The van der Waals surface area contributed by atoms with Gasteiger partial charge in [-0.1, -0.05) is 6.07 Å². The van der Waals surface area contributed by atoms with Crippen LogP contribution in [0.2, 0.25) is 0 Å². The molecular formula is C27H32F3N3O. The number of halogens is 3. The monoisotopic (exact) mass is 471 g/mol. The van der Waals surface area contributed by atoms with Crippen molar-refractivity contribution >= 4 is 11.6 Å². The average molecular weight is 472 g/mol. The van der Waals surface area contributed by atoms with Crippen LogP contribution < -0.4 is 10.2 Å². The Labute approximate surface area is 199 Å². The van der Waals surface area contributed by atoms with E-state index in [1.54, 1.807) is 12.1 Å². The molecule has 1 aliphatic carbocycles. The maximum atomic E-state index is 13.2. The van der Waals surface area contributed by atoms with Gasteiger partial charge in [0, 0.05) is 43.5 Å². The lowest BCUT2D eigenvalue weighted by molar-refractivity contribution is -0.137. The van der Waals surface area contributed by atoms with E-state index >= 15 is 0 Å². The number of hydrogen-bond donors (Lipinski definition) is 1. The van der Waals surface area contributed by atoms with Gasteiger partial charge < -0.3 is 15.1 Å². The minimum Gasteiger partial charge on any atom is -0.371 e. The topological polar surface area (TPSA) is 35.6 Å². The summed E-state index contributed by atoms with van der Waals surface area (Å²) >= 11 is 0. The number of fused-ring (bicyclic) bond motifs is 1. The van der Waals surface area contributed by atoms with Crippen LogP contribution in [-0.2, 0) is 12.6 Å². The number of amides is 1. The fraction of sp³-hybridized carbons (Fsp3) is 0.519. The molecular weight excluding hydrogens is 439 g/mol. The van der Waals surface area contributed by atoms with Crippen molar-refractivity contribution in [2.75, 3.05) is 38.1 Å². The molecule has 34 heavy (non-hydrogen) atoms. The summed E-state index contributed by atoms with van der Waals surface area (Å²) in [5.41, 5.74) is 3.87. The molecule has 2 heterocycles. The van der Waals surface area contributed by atoms with E-state index in [9.17, 15) is 18.0 Å². The number of hydrogen-bond acceptors (Lipinski definition) is 3. The van der Waals surface area contributed by atoms with E-state index in [4.69, 9.17) is 0 Å². The number of nitrogens with zero attached hydrogens (tertiary/aromatic N) is 2. The highest BCUT2D eigenvalue weighted by Gasteiger charge is 2.39. The Kier molecular flexibility index (Phi) is 6.09. The van der Waals surface area contributed by atoms with Crippen molar-refractivity contribution in [1.29, 1.82) is 0 Å². The highest BCUT2D eigenvalue weighted by Crippen LogP contribution is 2.43. The van der Waals surface area contributed by atoms with Crippen molar-refractivity contribution in [2.24, 2.45) is 5.41 Å². The first kappa shape index (κ1) is 23.2. The van der Waals surface area contributed by atoms with Gasteiger partial charge in [0.15, 0.2) is 0 Å². The van der Waals surface area contributed by atoms with Crippen LogP contribution in [0.1, 0.15) is 65.2 Å². The summed E-state index contributed by atoms with van der Waals surface area (Å²) in [4.78, 5) is 17.4. The smallest absolute Gasteiger partial charge is 0.371 e. The molecule has 2 aromatic carbocycles. The van der Waals surface area contributed by atoms with Gasteiger partial charge in [0.05, 0.1) is 5.56 Å². The third-order valence-corrected chi connectivity index (χ3v) is 8.31. The van der Waals surface area contributed by atoms with Crippen molar-refractivity contribution in [2.45, 2.75) is 50.7 Å². The molecule has 4 nitrogen and oxygen atoms in total. The molecule has 0 saturated carbocycles. The van der Waals surface area contributed by atoms with Crippen LogP contribution in [0.5, 0.6) is 0 Å². The summed E-state index contributed by atoms with van der Waals surface area (Å²) in [5.74, 6) is 0.126. The third kappa shape index (κ3) is 4.42. The Morgan fingerprint density at radius 1 is 0.971 bits per heavy atom. The SMILES string of the molecule is CNC1CCc2ccc(C(=O)N3CCC4(CC3)CCN(c3ccc(C(F)(F)F)cc3)CC4)cc21. The van der Waals surface area contributed by atoms with Crippen LogP contribution in [0, 0.1) is 5.41 Å². The first-order valence-electron chi connectivity index (χ1n) is 12.3. The Balaban J connectivity index is 1.17. The Morgan fingerprint density at radius 2 is 1.62 bits per heavy atom. The van der Waals surface area contributed by atoms with Gasteiger partial charge in [-0.3, -0.25) is 4.79 Å². The van der Waals surface area contributed by atoms with Gasteiger partial charge in [-0.05, 0) is 98.5 Å². The van der Waals surface area contributed by atoms with Crippen LogP contribution >= 0.6 is 0 Å². The zero-order chi connectivity index (χ0) is 23.9. The van der Waals surface area contributed by atoms with E-state index in [-0.39, 0.29) is 11.3 Å². The number of carbonyl (C=O) groups is 1. The number of benzene rings is 2. The van der Waals surface area contributed by atoms with Crippen molar-refractivity contribution in [3.05, 3.63) is 64.7 Å². The second kappa shape index (κ2) is 8.91. The molecule has 182 valence electrons. The number of anilines is 1. The van der Waals surface area contributed by atoms with Crippen LogP contribution in [0.15, 0.2) is 42.5 Å². The van der Waals surface area contributed by atoms with Crippen molar-refractivity contribution in [1.82, 2.24) is 10.2 Å². The lowest BCUT2D eigenvalue weighted by Crippen LogP contribution is -2.48. The fourth-order valence-electron chi connectivity index (χ4n) is 6.00. The number of carbonyl (C=O) groups excluding carboxylic acids is 1. The third-order valence-electron chi connectivity index (χ3n) is 8.31. The number of alkyl halides is 3. The van der Waals surface area contributed by atoms with Crippen molar-refractivity contribution in [3.63, 3.8) is 0 Å². The van der Waals surface area contributed by atoms with Gasteiger partial charge in [0.2, 0.25) is 0 Å². The molecule has 1 spiro atoms. The normalized spacial score (nSPS) is 22.2. The molecule has 2 saturated heterocycles. The Bertz CT molecular complexity index is 1030. The van der Waals surface area contributed by atoms with Crippen molar-refractivity contribution in [3.8, 4) is 0 Å². The molecule has 0 bridgehead atoms. The highest BCUT2D eigenvalue weighted by atomic mass is 19.4. The summed E-state index contributed by atoms with van der Waals surface area (Å²) in [6, 6.07) is 12.0. The number of piperidine rings is 2. The summed E-state index contributed by atoms with van der Waals surface area (Å²) in [5, 5.41) is 3.35.